The van der Waals surface area contributed by atoms with Crippen molar-refractivity contribution in [3.05, 3.63) is 70.8 Å². The number of piperidine rings is 2. The third kappa shape index (κ3) is 4.18. The molecule has 1 aliphatic carbocycles. The summed E-state index contributed by atoms with van der Waals surface area (Å²) in [7, 11) is 0. The fourth-order valence-corrected chi connectivity index (χ4v) is 7.13. The predicted molar refractivity (Wildman–Crippen MR) is 138 cm³/mol. The number of benzene rings is 2. The molecule has 194 valence electrons. The van der Waals surface area contributed by atoms with Gasteiger partial charge in [-0.05, 0) is 54.9 Å². The average Bonchev–Trinajstić information content (AvgIpc) is 3.25. The highest BCUT2D eigenvalue weighted by Crippen LogP contribution is 2.46. The molecular formula is C30H35N3O4. The zero-order valence-electron chi connectivity index (χ0n) is 21.2. The third-order valence-corrected chi connectivity index (χ3v) is 9.25. The molecule has 7 heteroatoms. The molecule has 37 heavy (non-hydrogen) atoms. The van der Waals surface area contributed by atoms with E-state index in [9.17, 15) is 19.5 Å². The SMILES string of the molecule is O=C1CCC(N2Cc3cc(C4(O)CCN(C5(c6ccccc6)CCCCC5)CC4)ccc3C2=O)C(=O)N1. The number of carbonyl (C=O) groups excluding carboxylic acids is 3. The van der Waals surface area contributed by atoms with Crippen LogP contribution in [0.15, 0.2) is 48.5 Å². The van der Waals surface area contributed by atoms with Gasteiger partial charge in [0.05, 0.1) is 5.60 Å². The van der Waals surface area contributed by atoms with E-state index in [4.69, 9.17) is 0 Å². The molecule has 2 saturated heterocycles. The molecule has 3 amide bonds. The van der Waals surface area contributed by atoms with Crippen LogP contribution in [0.1, 0.15) is 84.8 Å². The molecule has 3 aliphatic heterocycles. The lowest BCUT2D eigenvalue weighted by molar-refractivity contribution is -0.136. The van der Waals surface area contributed by atoms with E-state index in [0.29, 0.717) is 31.4 Å². The Labute approximate surface area is 217 Å². The first kappa shape index (κ1) is 24.3. The van der Waals surface area contributed by atoms with E-state index in [1.165, 1.54) is 24.8 Å². The van der Waals surface area contributed by atoms with E-state index < -0.39 is 17.6 Å². The van der Waals surface area contributed by atoms with Crippen molar-refractivity contribution in [1.82, 2.24) is 15.1 Å². The minimum atomic E-state index is -0.941. The van der Waals surface area contributed by atoms with Crippen LogP contribution >= 0.6 is 0 Å². The molecule has 1 saturated carbocycles. The molecule has 1 unspecified atom stereocenters. The molecule has 0 bridgehead atoms. The number of nitrogens with zero attached hydrogens (tertiary/aromatic N) is 2. The van der Waals surface area contributed by atoms with Crippen molar-refractivity contribution in [2.45, 2.75) is 81.5 Å². The number of carbonyl (C=O) groups is 3. The highest BCUT2D eigenvalue weighted by Gasteiger charge is 2.45. The van der Waals surface area contributed by atoms with Crippen LogP contribution in [0.5, 0.6) is 0 Å². The van der Waals surface area contributed by atoms with Crippen LogP contribution in [0, 0.1) is 0 Å². The molecule has 0 aromatic heterocycles. The minimum Gasteiger partial charge on any atom is -0.385 e. The maximum Gasteiger partial charge on any atom is 0.255 e. The number of aliphatic hydroxyl groups is 1. The van der Waals surface area contributed by atoms with Gasteiger partial charge < -0.3 is 10.0 Å². The average molecular weight is 502 g/mol. The quantitative estimate of drug-likeness (QED) is 0.625. The second-order valence-corrected chi connectivity index (χ2v) is 11.2. The second-order valence-electron chi connectivity index (χ2n) is 11.2. The van der Waals surface area contributed by atoms with Crippen molar-refractivity contribution >= 4 is 17.7 Å². The van der Waals surface area contributed by atoms with Gasteiger partial charge in [-0.25, -0.2) is 0 Å². The highest BCUT2D eigenvalue weighted by atomic mass is 16.3. The number of fused-ring (bicyclic) bond motifs is 1. The van der Waals surface area contributed by atoms with Gasteiger partial charge in [-0.2, -0.15) is 0 Å². The third-order valence-electron chi connectivity index (χ3n) is 9.25. The van der Waals surface area contributed by atoms with Gasteiger partial charge in [-0.1, -0.05) is 61.7 Å². The number of rotatable bonds is 4. The Morgan fingerprint density at radius 3 is 2.30 bits per heavy atom. The van der Waals surface area contributed by atoms with Crippen molar-refractivity contribution in [1.29, 1.82) is 0 Å². The van der Waals surface area contributed by atoms with Crippen LogP contribution in [0.3, 0.4) is 0 Å². The summed E-state index contributed by atoms with van der Waals surface area (Å²) in [6, 6.07) is 15.9. The molecule has 3 heterocycles. The topological polar surface area (TPSA) is 90.0 Å². The van der Waals surface area contributed by atoms with Crippen LogP contribution in [-0.2, 0) is 27.3 Å². The van der Waals surface area contributed by atoms with Crippen molar-refractivity contribution in [2.75, 3.05) is 13.1 Å². The largest absolute Gasteiger partial charge is 0.385 e. The van der Waals surface area contributed by atoms with Crippen molar-refractivity contribution in [3.8, 4) is 0 Å². The molecule has 0 spiro atoms. The van der Waals surface area contributed by atoms with Gasteiger partial charge in [0.25, 0.3) is 5.91 Å². The monoisotopic (exact) mass is 501 g/mol. The zero-order chi connectivity index (χ0) is 25.6. The van der Waals surface area contributed by atoms with Crippen LogP contribution in [0.25, 0.3) is 0 Å². The lowest BCUT2D eigenvalue weighted by Gasteiger charge is -2.51. The summed E-state index contributed by atoms with van der Waals surface area (Å²) in [5.74, 6) is -0.873. The molecule has 1 atom stereocenters. The van der Waals surface area contributed by atoms with Crippen molar-refractivity contribution < 1.29 is 19.5 Å². The lowest BCUT2D eigenvalue weighted by atomic mass is 9.73. The van der Waals surface area contributed by atoms with E-state index >= 15 is 0 Å². The Bertz CT molecular complexity index is 1210. The first-order chi connectivity index (χ1) is 17.9. The number of hydrogen-bond acceptors (Lipinski definition) is 5. The number of amides is 3. The Morgan fingerprint density at radius 1 is 0.865 bits per heavy atom. The Kier molecular flexibility index (Phi) is 6.16. The summed E-state index contributed by atoms with van der Waals surface area (Å²) in [6.45, 7) is 1.97. The maximum absolute atomic E-state index is 13.1. The first-order valence-corrected chi connectivity index (χ1v) is 13.7. The van der Waals surface area contributed by atoms with Gasteiger partial charge in [0.1, 0.15) is 6.04 Å². The van der Waals surface area contributed by atoms with Crippen molar-refractivity contribution in [3.63, 3.8) is 0 Å². The molecular weight excluding hydrogens is 466 g/mol. The Hall–Kier alpha value is -3.03. The summed E-state index contributed by atoms with van der Waals surface area (Å²) in [5, 5.41) is 14.1. The minimum absolute atomic E-state index is 0.0493. The molecule has 2 aromatic rings. The summed E-state index contributed by atoms with van der Waals surface area (Å²) < 4.78 is 0. The molecule has 7 nitrogen and oxygen atoms in total. The summed E-state index contributed by atoms with van der Waals surface area (Å²) in [5.41, 5.74) is 2.78. The van der Waals surface area contributed by atoms with Gasteiger partial charge in [-0.3, -0.25) is 24.6 Å². The van der Waals surface area contributed by atoms with Crippen LogP contribution in [0.4, 0.5) is 0 Å². The number of nitrogens with one attached hydrogen (secondary N) is 1. The van der Waals surface area contributed by atoms with E-state index in [-0.39, 0.29) is 23.8 Å². The van der Waals surface area contributed by atoms with E-state index in [2.05, 4.69) is 40.5 Å². The fraction of sp³-hybridized carbons (Fsp3) is 0.500. The molecule has 6 rings (SSSR count). The normalized spacial score (nSPS) is 25.6. The molecule has 3 fully saturated rings. The first-order valence-electron chi connectivity index (χ1n) is 13.7. The summed E-state index contributed by atoms with van der Waals surface area (Å²) in [4.78, 5) is 41.2. The smallest absolute Gasteiger partial charge is 0.255 e. The molecule has 2 N–H and O–H groups in total. The van der Waals surface area contributed by atoms with Crippen LogP contribution in [0.2, 0.25) is 0 Å². The zero-order valence-corrected chi connectivity index (χ0v) is 21.2. The van der Waals surface area contributed by atoms with E-state index in [0.717, 1.165) is 37.1 Å². The van der Waals surface area contributed by atoms with Gasteiger partial charge in [0, 0.05) is 37.2 Å². The van der Waals surface area contributed by atoms with Crippen molar-refractivity contribution in [2.24, 2.45) is 0 Å². The van der Waals surface area contributed by atoms with Gasteiger partial charge in [0.2, 0.25) is 11.8 Å². The Morgan fingerprint density at radius 2 is 1.59 bits per heavy atom. The molecule has 2 aromatic carbocycles. The standard InChI is InChI=1S/C30H35N3O4/c34-26-12-11-25(27(35)31-26)33-20-21-19-23(9-10-24(21)28(33)36)30(37)15-17-32(18-16-30)29(13-5-2-6-14-29)22-7-3-1-4-8-22/h1,3-4,7-10,19,25,37H,2,5-6,11-18,20H2,(H,31,34,35). The fourth-order valence-electron chi connectivity index (χ4n) is 7.13. The van der Waals surface area contributed by atoms with Crippen LogP contribution in [-0.4, -0.2) is 51.8 Å². The number of hydrogen-bond donors (Lipinski definition) is 2. The molecule has 4 aliphatic rings. The van der Waals surface area contributed by atoms with Gasteiger partial charge in [0.15, 0.2) is 0 Å². The summed E-state index contributed by atoms with van der Waals surface area (Å²) in [6.07, 6.45) is 7.95. The van der Waals surface area contributed by atoms with Gasteiger partial charge in [-0.15, -0.1) is 0 Å². The predicted octanol–water partition coefficient (Wildman–Crippen LogP) is 3.59. The van der Waals surface area contributed by atoms with Crippen LogP contribution < -0.4 is 5.32 Å². The number of imide groups is 1. The molecule has 0 radical (unpaired) electrons. The number of likely N-dealkylation sites (tertiary alicyclic amines) is 1. The van der Waals surface area contributed by atoms with E-state index in [1.54, 1.807) is 11.0 Å². The Balaban J connectivity index is 1.19. The second kappa shape index (κ2) is 9.37. The maximum atomic E-state index is 13.1. The summed E-state index contributed by atoms with van der Waals surface area (Å²) >= 11 is 0. The lowest BCUT2D eigenvalue weighted by Crippen LogP contribution is -2.53. The van der Waals surface area contributed by atoms with Gasteiger partial charge >= 0.3 is 0 Å². The highest BCUT2D eigenvalue weighted by molar-refractivity contribution is 6.05. The van der Waals surface area contributed by atoms with E-state index in [1.807, 2.05) is 12.1 Å².